The molecule has 4 aromatic rings. The van der Waals surface area contributed by atoms with Crippen molar-refractivity contribution in [3.63, 3.8) is 0 Å². The molecule has 0 fully saturated rings. The number of hydrogen-bond acceptors (Lipinski definition) is 6. The fourth-order valence-electron chi connectivity index (χ4n) is 3.44. The minimum atomic E-state index is -0.661. The minimum Gasteiger partial charge on any atom is -0.495 e. The van der Waals surface area contributed by atoms with E-state index < -0.39 is 17.2 Å². The van der Waals surface area contributed by atoms with Crippen molar-refractivity contribution in [1.29, 1.82) is 0 Å². The Labute approximate surface area is 193 Å². The van der Waals surface area contributed by atoms with E-state index in [9.17, 15) is 14.4 Å². The summed E-state index contributed by atoms with van der Waals surface area (Å²) in [7, 11) is 1.46. The van der Waals surface area contributed by atoms with Crippen molar-refractivity contribution in [2.75, 3.05) is 12.4 Å². The molecule has 10 heteroatoms. The summed E-state index contributed by atoms with van der Waals surface area (Å²) in [4.78, 5) is 47.3. The third kappa shape index (κ3) is 4.49. The summed E-state index contributed by atoms with van der Waals surface area (Å²) in [6.45, 7) is 1.45. The van der Waals surface area contributed by atoms with Gasteiger partial charge in [-0.05, 0) is 24.1 Å². The molecule has 2 aromatic carbocycles. The van der Waals surface area contributed by atoms with E-state index in [4.69, 9.17) is 16.3 Å². The molecule has 1 N–H and O–H groups in total. The number of ether oxygens (including phenoxy) is 1. The van der Waals surface area contributed by atoms with Crippen molar-refractivity contribution in [3.05, 3.63) is 91.8 Å². The van der Waals surface area contributed by atoms with Gasteiger partial charge in [0, 0.05) is 23.5 Å². The van der Waals surface area contributed by atoms with E-state index in [0.717, 1.165) is 20.3 Å². The average molecular weight is 466 g/mol. The average Bonchev–Trinajstić information content (AvgIpc) is 2.82. The first-order valence-electron chi connectivity index (χ1n) is 10.0. The quantitative estimate of drug-likeness (QED) is 0.469. The van der Waals surface area contributed by atoms with Crippen LogP contribution in [0.1, 0.15) is 11.1 Å². The molecule has 0 aliphatic rings. The number of nitrogens with one attached hydrogen (secondary N) is 1. The van der Waals surface area contributed by atoms with Crippen LogP contribution in [-0.4, -0.2) is 32.1 Å². The van der Waals surface area contributed by atoms with Crippen LogP contribution in [-0.2, 0) is 17.9 Å². The van der Waals surface area contributed by atoms with Gasteiger partial charge in [0.2, 0.25) is 5.91 Å². The predicted octanol–water partition coefficient (Wildman–Crippen LogP) is 2.61. The second-order valence-corrected chi connectivity index (χ2v) is 7.73. The molecule has 1 amide bonds. The highest BCUT2D eigenvalue weighted by Gasteiger charge is 2.18. The lowest BCUT2D eigenvalue weighted by molar-refractivity contribution is -0.116. The number of hydrogen-bond donors (Lipinski definition) is 1. The van der Waals surface area contributed by atoms with Crippen LogP contribution in [0.15, 0.2) is 64.4 Å². The number of aryl methyl sites for hydroxylation is 1. The third-order valence-corrected chi connectivity index (χ3v) is 5.49. The van der Waals surface area contributed by atoms with Gasteiger partial charge in [0.1, 0.15) is 12.3 Å². The lowest BCUT2D eigenvalue weighted by Crippen LogP contribution is -2.42. The first kappa shape index (κ1) is 22.2. The molecule has 2 aromatic heterocycles. The van der Waals surface area contributed by atoms with Crippen molar-refractivity contribution in [3.8, 4) is 5.75 Å². The largest absolute Gasteiger partial charge is 0.495 e. The Balaban J connectivity index is 1.75. The Morgan fingerprint density at radius 2 is 1.82 bits per heavy atom. The zero-order valence-corrected chi connectivity index (χ0v) is 18.7. The number of anilines is 1. The molecule has 0 aliphatic carbocycles. The summed E-state index contributed by atoms with van der Waals surface area (Å²) in [5.74, 6) is -0.126. The van der Waals surface area contributed by atoms with Gasteiger partial charge in [-0.1, -0.05) is 41.9 Å². The monoisotopic (exact) mass is 465 g/mol. The molecule has 0 aliphatic heterocycles. The van der Waals surface area contributed by atoms with Gasteiger partial charge in [0.15, 0.2) is 11.2 Å². The highest BCUT2D eigenvalue weighted by molar-refractivity contribution is 6.31. The van der Waals surface area contributed by atoms with Crippen molar-refractivity contribution >= 4 is 34.4 Å². The van der Waals surface area contributed by atoms with Crippen molar-refractivity contribution in [2.45, 2.75) is 20.0 Å². The summed E-state index contributed by atoms with van der Waals surface area (Å²) in [6, 6.07) is 12.4. The van der Waals surface area contributed by atoms with Crippen molar-refractivity contribution in [1.82, 2.24) is 19.1 Å². The lowest BCUT2D eigenvalue weighted by Gasteiger charge is -2.15. The van der Waals surface area contributed by atoms with E-state index in [-0.39, 0.29) is 24.3 Å². The van der Waals surface area contributed by atoms with Crippen LogP contribution >= 0.6 is 11.6 Å². The van der Waals surface area contributed by atoms with Gasteiger partial charge < -0.3 is 10.1 Å². The third-order valence-electron chi connectivity index (χ3n) is 5.08. The van der Waals surface area contributed by atoms with Crippen LogP contribution in [0, 0.1) is 6.92 Å². The zero-order valence-electron chi connectivity index (χ0n) is 17.9. The molecule has 168 valence electrons. The van der Waals surface area contributed by atoms with Crippen molar-refractivity contribution < 1.29 is 9.53 Å². The molecular formula is C23H20ClN5O4. The van der Waals surface area contributed by atoms with Gasteiger partial charge in [-0.2, -0.15) is 0 Å². The second-order valence-electron chi connectivity index (χ2n) is 7.32. The number of carbonyl (C=O) groups is 1. The van der Waals surface area contributed by atoms with Gasteiger partial charge >= 0.3 is 5.69 Å². The van der Waals surface area contributed by atoms with Crippen LogP contribution in [0.4, 0.5) is 5.69 Å². The molecule has 2 heterocycles. The predicted molar refractivity (Wildman–Crippen MR) is 125 cm³/mol. The minimum absolute atomic E-state index is 0.000694. The molecule has 0 unspecified atom stereocenters. The highest BCUT2D eigenvalue weighted by atomic mass is 35.5. The Morgan fingerprint density at radius 3 is 2.55 bits per heavy atom. The van der Waals surface area contributed by atoms with E-state index in [1.165, 1.54) is 19.5 Å². The van der Waals surface area contributed by atoms with E-state index in [2.05, 4.69) is 15.3 Å². The molecular weight excluding hydrogens is 446 g/mol. The number of nitrogens with zero attached hydrogens (tertiary/aromatic N) is 4. The maximum absolute atomic E-state index is 13.3. The van der Waals surface area contributed by atoms with Gasteiger partial charge in [-0.25, -0.2) is 14.8 Å². The molecule has 4 rings (SSSR count). The fourth-order valence-corrected chi connectivity index (χ4v) is 3.59. The van der Waals surface area contributed by atoms with E-state index in [1.54, 1.807) is 31.2 Å². The van der Waals surface area contributed by atoms with E-state index in [0.29, 0.717) is 16.5 Å². The van der Waals surface area contributed by atoms with Crippen LogP contribution in [0.3, 0.4) is 0 Å². The Bertz CT molecular complexity index is 1460. The first-order chi connectivity index (χ1) is 15.9. The number of fused-ring (bicyclic) bond motifs is 1. The SMILES string of the molecule is COc1cc(Cl)c(C)cc1NC(=O)Cn1c(=O)n(Cc2ccccc2)c(=O)c2nccnc21. The number of amides is 1. The lowest BCUT2D eigenvalue weighted by atomic mass is 10.2. The van der Waals surface area contributed by atoms with Crippen LogP contribution in [0.5, 0.6) is 5.75 Å². The summed E-state index contributed by atoms with van der Waals surface area (Å²) >= 11 is 6.13. The number of rotatable bonds is 6. The smallest absolute Gasteiger partial charge is 0.333 e. The normalized spacial score (nSPS) is 10.9. The highest BCUT2D eigenvalue weighted by Crippen LogP contribution is 2.30. The van der Waals surface area contributed by atoms with Gasteiger partial charge in [-0.15, -0.1) is 0 Å². The molecule has 0 atom stereocenters. The topological polar surface area (TPSA) is 108 Å². The van der Waals surface area contributed by atoms with Crippen molar-refractivity contribution in [2.24, 2.45) is 0 Å². The van der Waals surface area contributed by atoms with Crippen LogP contribution in [0.2, 0.25) is 5.02 Å². The Kier molecular flexibility index (Phi) is 6.23. The maximum Gasteiger partial charge on any atom is 0.333 e. The summed E-state index contributed by atoms with van der Waals surface area (Å²) in [5, 5.41) is 3.23. The summed E-state index contributed by atoms with van der Waals surface area (Å²) < 4.78 is 7.48. The second kappa shape index (κ2) is 9.25. The summed E-state index contributed by atoms with van der Waals surface area (Å²) in [6.07, 6.45) is 2.73. The van der Waals surface area contributed by atoms with E-state index >= 15 is 0 Å². The number of aromatic nitrogens is 4. The molecule has 0 radical (unpaired) electrons. The first-order valence-corrected chi connectivity index (χ1v) is 10.4. The zero-order chi connectivity index (χ0) is 23.5. The maximum atomic E-state index is 13.3. The number of methoxy groups -OCH3 is 1. The molecule has 0 saturated heterocycles. The van der Waals surface area contributed by atoms with Crippen LogP contribution in [0.25, 0.3) is 11.2 Å². The molecule has 0 saturated carbocycles. The van der Waals surface area contributed by atoms with Gasteiger partial charge in [0.05, 0.1) is 19.3 Å². The Hall–Kier alpha value is -3.98. The van der Waals surface area contributed by atoms with Crippen LogP contribution < -0.4 is 21.3 Å². The molecule has 9 nitrogen and oxygen atoms in total. The standard InChI is InChI=1S/C23H20ClN5O4/c1-14-10-17(18(33-2)11-16(14)24)27-19(30)13-28-21-20(25-8-9-26-21)22(31)29(23(28)32)12-15-6-4-3-5-7-15/h3-11H,12-13H2,1-2H3,(H,27,30). The molecule has 33 heavy (non-hydrogen) atoms. The molecule has 0 spiro atoms. The number of halogens is 1. The van der Waals surface area contributed by atoms with E-state index in [1.807, 2.05) is 18.2 Å². The fraction of sp³-hybridized carbons (Fsp3) is 0.174. The van der Waals surface area contributed by atoms with Gasteiger partial charge in [-0.3, -0.25) is 18.7 Å². The Morgan fingerprint density at radius 1 is 1.09 bits per heavy atom. The molecule has 0 bridgehead atoms. The number of carbonyl (C=O) groups excluding carboxylic acids is 1. The van der Waals surface area contributed by atoms with Gasteiger partial charge in [0.25, 0.3) is 5.56 Å². The summed E-state index contributed by atoms with van der Waals surface area (Å²) in [5.41, 5.74) is 0.720. The number of benzene rings is 2.